The Bertz CT molecular complexity index is 995. The molecule has 0 unspecified atom stereocenters. The molecule has 0 heterocycles. The van der Waals surface area contributed by atoms with Crippen LogP contribution in [0.5, 0.6) is 0 Å². The highest BCUT2D eigenvalue weighted by atomic mass is 35.5. The highest BCUT2D eigenvalue weighted by Crippen LogP contribution is 2.36. The Morgan fingerprint density at radius 2 is 1.89 bits per heavy atom. The summed E-state index contributed by atoms with van der Waals surface area (Å²) in [5, 5.41) is 13.8. The zero-order chi connectivity index (χ0) is 20.9. The van der Waals surface area contributed by atoms with E-state index in [1.54, 1.807) is 18.2 Å². The van der Waals surface area contributed by atoms with Gasteiger partial charge in [0.15, 0.2) is 5.78 Å². The van der Waals surface area contributed by atoms with E-state index >= 15 is 0 Å². The number of amides is 1. The standard InChI is InChI=1S/C19H13ClF3N3O2/c1-11(27)12-3-2-4-15(7-12)26-18(28)13(9-24)10-25-17-6-5-14(20)8-16(17)19(21,22)23/h2-8,10,25H,1H3,(H,26,28)/b13-10-. The maximum atomic E-state index is 13.1. The summed E-state index contributed by atoms with van der Waals surface area (Å²) in [5.41, 5.74) is -1.24. The summed E-state index contributed by atoms with van der Waals surface area (Å²) in [5.74, 6) is -1.06. The Morgan fingerprint density at radius 3 is 2.50 bits per heavy atom. The van der Waals surface area contributed by atoms with Crippen LogP contribution in [0, 0.1) is 11.3 Å². The molecule has 2 N–H and O–H groups in total. The molecule has 2 rings (SSSR count). The van der Waals surface area contributed by atoms with E-state index in [2.05, 4.69) is 10.6 Å². The number of hydrogen-bond donors (Lipinski definition) is 2. The van der Waals surface area contributed by atoms with Crippen LogP contribution in [0.2, 0.25) is 5.02 Å². The zero-order valence-electron chi connectivity index (χ0n) is 14.4. The number of Topliss-reactive ketones (excluding diaryl/α,β-unsaturated/α-hetero) is 1. The summed E-state index contributed by atoms with van der Waals surface area (Å²) in [7, 11) is 0. The number of carbonyl (C=O) groups excluding carboxylic acids is 2. The van der Waals surface area contributed by atoms with E-state index in [4.69, 9.17) is 16.9 Å². The highest BCUT2D eigenvalue weighted by molar-refractivity contribution is 6.30. The molecule has 1 amide bonds. The first kappa shape index (κ1) is 21.0. The molecule has 9 heteroatoms. The van der Waals surface area contributed by atoms with Gasteiger partial charge in [-0.2, -0.15) is 18.4 Å². The van der Waals surface area contributed by atoms with E-state index in [0.717, 1.165) is 18.3 Å². The summed E-state index contributed by atoms with van der Waals surface area (Å²) >= 11 is 5.60. The molecule has 28 heavy (non-hydrogen) atoms. The lowest BCUT2D eigenvalue weighted by Crippen LogP contribution is -2.15. The number of nitriles is 1. The monoisotopic (exact) mass is 407 g/mol. The fourth-order valence-corrected chi connectivity index (χ4v) is 2.36. The lowest BCUT2D eigenvalue weighted by molar-refractivity contribution is -0.136. The molecule has 0 aliphatic rings. The van der Waals surface area contributed by atoms with Gasteiger partial charge in [0.25, 0.3) is 5.91 Å². The molecule has 2 aromatic carbocycles. The van der Waals surface area contributed by atoms with E-state index in [0.29, 0.717) is 5.56 Å². The number of benzene rings is 2. The molecule has 0 aliphatic heterocycles. The largest absolute Gasteiger partial charge is 0.418 e. The first-order valence-electron chi connectivity index (χ1n) is 7.77. The topological polar surface area (TPSA) is 82.0 Å². The van der Waals surface area contributed by atoms with Crippen molar-refractivity contribution in [1.82, 2.24) is 0 Å². The maximum absolute atomic E-state index is 13.1. The Morgan fingerprint density at radius 1 is 1.18 bits per heavy atom. The van der Waals surface area contributed by atoms with Gasteiger partial charge in [-0.05, 0) is 37.3 Å². The number of halogens is 4. The van der Waals surface area contributed by atoms with E-state index < -0.39 is 23.2 Å². The molecule has 0 atom stereocenters. The van der Waals surface area contributed by atoms with Crippen molar-refractivity contribution in [2.75, 3.05) is 10.6 Å². The second kappa shape index (κ2) is 8.59. The van der Waals surface area contributed by atoms with E-state index in [9.17, 15) is 22.8 Å². The average molecular weight is 408 g/mol. The van der Waals surface area contributed by atoms with Gasteiger partial charge >= 0.3 is 6.18 Å². The molecular weight excluding hydrogens is 395 g/mol. The maximum Gasteiger partial charge on any atom is 0.418 e. The molecule has 0 aromatic heterocycles. The van der Waals surface area contributed by atoms with Crippen LogP contribution < -0.4 is 10.6 Å². The minimum atomic E-state index is -4.68. The van der Waals surface area contributed by atoms with Crippen LogP contribution in [0.1, 0.15) is 22.8 Å². The molecule has 0 fully saturated rings. The van der Waals surface area contributed by atoms with Crippen LogP contribution in [0.4, 0.5) is 24.5 Å². The van der Waals surface area contributed by atoms with Crippen molar-refractivity contribution in [3.63, 3.8) is 0 Å². The van der Waals surface area contributed by atoms with Crippen LogP contribution in [0.15, 0.2) is 54.2 Å². The lowest BCUT2D eigenvalue weighted by atomic mass is 10.1. The normalized spacial score (nSPS) is 11.5. The zero-order valence-corrected chi connectivity index (χ0v) is 15.2. The van der Waals surface area contributed by atoms with Crippen LogP contribution in [-0.2, 0) is 11.0 Å². The minimum Gasteiger partial charge on any atom is -0.360 e. The SMILES string of the molecule is CC(=O)c1cccc(NC(=O)/C(C#N)=C\Nc2ccc(Cl)cc2C(F)(F)F)c1. The Labute approximate surface area is 163 Å². The predicted octanol–water partition coefficient (Wildman–Crippen LogP) is 5.02. The summed E-state index contributed by atoms with van der Waals surface area (Å²) in [6, 6.07) is 10.7. The molecule has 0 bridgehead atoms. The van der Waals surface area contributed by atoms with Crippen molar-refractivity contribution in [3.8, 4) is 6.07 Å². The van der Waals surface area contributed by atoms with Crippen molar-refractivity contribution in [2.45, 2.75) is 13.1 Å². The molecular formula is C19H13ClF3N3O2. The molecule has 0 aliphatic carbocycles. The van der Waals surface area contributed by atoms with E-state index in [1.807, 2.05) is 0 Å². The second-order valence-corrected chi connectivity index (χ2v) is 6.03. The lowest BCUT2D eigenvalue weighted by Gasteiger charge is -2.13. The van der Waals surface area contributed by atoms with Gasteiger partial charge in [-0.3, -0.25) is 9.59 Å². The van der Waals surface area contributed by atoms with Gasteiger partial charge in [0.1, 0.15) is 11.6 Å². The van der Waals surface area contributed by atoms with Crippen molar-refractivity contribution >= 4 is 34.7 Å². The number of alkyl halides is 3. The molecule has 0 saturated heterocycles. The summed E-state index contributed by atoms with van der Waals surface area (Å²) in [6.07, 6.45) is -3.81. The molecule has 0 spiro atoms. The fraction of sp³-hybridized carbons (Fsp3) is 0.105. The first-order chi connectivity index (χ1) is 13.1. The number of nitrogens with one attached hydrogen (secondary N) is 2. The van der Waals surface area contributed by atoms with E-state index in [1.165, 1.54) is 25.1 Å². The first-order valence-corrected chi connectivity index (χ1v) is 8.15. The van der Waals surface area contributed by atoms with Crippen molar-refractivity contribution in [2.24, 2.45) is 0 Å². The van der Waals surface area contributed by atoms with Crippen LogP contribution in [-0.4, -0.2) is 11.7 Å². The van der Waals surface area contributed by atoms with Gasteiger partial charge in [0.05, 0.1) is 11.3 Å². The predicted molar refractivity (Wildman–Crippen MR) is 98.8 cm³/mol. The van der Waals surface area contributed by atoms with Crippen molar-refractivity contribution in [3.05, 3.63) is 70.4 Å². The third-order valence-corrected chi connectivity index (χ3v) is 3.79. The van der Waals surface area contributed by atoms with Crippen molar-refractivity contribution < 1.29 is 22.8 Å². The third-order valence-electron chi connectivity index (χ3n) is 3.55. The Balaban J connectivity index is 2.23. The second-order valence-electron chi connectivity index (χ2n) is 5.59. The summed E-state index contributed by atoms with van der Waals surface area (Å²) in [6.45, 7) is 1.36. The number of rotatable bonds is 5. The fourth-order valence-electron chi connectivity index (χ4n) is 2.19. The highest BCUT2D eigenvalue weighted by Gasteiger charge is 2.33. The van der Waals surface area contributed by atoms with Gasteiger partial charge in [0, 0.05) is 22.5 Å². The molecule has 5 nitrogen and oxygen atoms in total. The average Bonchev–Trinajstić information content (AvgIpc) is 2.62. The smallest absolute Gasteiger partial charge is 0.360 e. The molecule has 144 valence electrons. The summed E-state index contributed by atoms with van der Waals surface area (Å²) < 4.78 is 39.3. The van der Waals surface area contributed by atoms with Crippen LogP contribution >= 0.6 is 11.6 Å². The van der Waals surface area contributed by atoms with Gasteiger partial charge in [-0.15, -0.1) is 0 Å². The van der Waals surface area contributed by atoms with Crippen LogP contribution in [0.25, 0.3) is 0 Å². The molecule has 0 saturated carbocycles. The van der Waals surface area contributed by atoms with Crippen molar-refractivity contribution in [1.29, 1.82) is 5.26 Å². The molecule has 0 radical (unpaired) electrons. The number of ketones is 1. The quantitative estimate of drug-likeness (QED) is 0.414. The van der Waals surface area contributed by atoms with Gasteiger partial charge < -0.3 is 10.6 Å². The van der Waals surface area contributed by atoms with Crippen LogP contribution in [0.3, 0.4) is 0 Å². The number of anilines is 2. The minimum absolute atomic E-state index is 0.106. The van der Waals surface area contributed by atoms with E-state index in [-0.39, 0.29) is 22.2 Å². The number of carbonyl (C=O) groups is 2. The number of hydrogen-bond acceptors (Lipinski definition) is 4. The van der Waals surface area contributed by atoms with Gasteiger partial charge in [-0.25, -0.2) is 0 Å². The van der Waals surface area contributed by atoms with Gasteiger partial charge in [0.2, 0.25) is 0 Å². The number of nitrogens with zero attached hydrogens (tertiary/aromatic N) is 1. The third kappa shape index (κ3) is 5.34. The summed E-state index contributed by atoms with van der Waals surface area (Å²) in [4.78, 5) is 23.6. The Kier molecular flexibility index (Phi) is 6.44. The van der Waals surface area contributed by atoms with Gasteiger partial charge in [-0.1, -0.05) is 23.7 Å². The molecule has 2 aromatic rings. The Hall–Kier alpha value is -3.31.